The summed E-state index contributed by atoms with van der Waals surface area (Å²) in [6, 6.07) is 0.226. The van der Waals surface area contributed by atoms with E-state index in [1.165, 1.54) is 0 Å². The van der Waals surface area contributed by atoms with E-state index in [1.807, 2.05) is 11.8 Å². The zero-order valence-corrected chi connectivity index (χ0v) is 11.3. The van der Waals surface area contributed by atoms with Gasteiger partial charge in [-0.15, -0.1) is 0 Å². The molecule has 1 rings (SSSR count). The summed E-state index contributed by atoms with van der Waals surface area (Å²) in [6.07, 6.45) is 2.98. The third-order valence-corrected chi connectivity index (χ3v) is 3.49. The maximum atomic E-state index is 12.4. The van der Waals surface area contributed by atoms with Crippen LogP contribution >= 0.6 is 0 Å². The molecule has 0 saturated carbocycles. The molecule has 0 aromatic carbocycles. The third-order valence-electron chi connectivity index (χ3n) is 3.49. The molecule has 0 radical (unpaired) electrons. The maximum Gasteiger partial charge on any atom is 0.227 e. The highest BCUT2D eigenvalue weighted by molar-refractivity contribution is 5.79. The van der Waals surface area contributed by atoms with Gasteiger partial charge in [0.25, 0.3) is 0 Å². The van der Waals surface area contributed by atoms with Crippen LogP contribution in [0.4, 0.5) is 0 Å². The van der Waals surface area contributed by atoms with Crippen molar-refractivity contribution in [2.45, 2.75) is 52.2 Å². The van der Waals surface area contributed by atoms with Crippen LogP contribution < -0.4 is 5.73 Å². The van der Waals surface area contributed by atoms with Crippen molar-refractivity contribution >= 4 is 5.91 Å². The van der Waals surface area contributed by atoms with Crippen LogP contribution in [0.2, 0.25) is 0 Å². The van der Waals surface area contributed by atoms with Gasteiger partial charge in [0.15, 0.2) is 0 Å². The van der Waals surface area contributed by atoms with Crippen molar-refractivity contribution in [3.05, 3.63) is 0 Å². The smallest absolute Gasteiger partial charge is 0.227 e. The predicted octanol–water partition coefficient (Wildman–Crippen LogP) is 1.39. The molecule has 4 heteroatoms. The highest BCUT2D eigenvalue weighted by atomic mass is 16.5. The van der Waals surface area contributed by atoms with Crippen LogP contribution in [0, 0.1) is 5.92 Å². The quantitative estimate of drug-likeness (QED) is 0.792. The van der Waals surface area contributed by atoms with Gasteiger partial charge in [0, 0.05) is 13.1 Å². The Hall–Kier alpha value is -0.610. The summed E-state index contributed by atoms with van der Waals surface area (Å²) in [6.45, 7) is 8.03. The predicted molar refractivity (Wildman–Crippen MR) is 68.7 cm³/mol. The highest BCUT2D eigenvalue weighted by Gasteiger charge is 2.32. The molecule has 3 atom stereocenters. The summed E-state index contributed by atoms with van der Waals surface area (Å²) >= 11 is 0. The first-order chi connectivity index (χ1) is 8.13. The zero-order chi connectivity index (χ0) is 12.8. The molecule has 1 amide bonds. The Morgan fingerprint density at radius 2 is 2.24 bits per heavy atom. The van der Waals surface area contributed by atoms with Crippen LogP contribution in [-0.2, 0) is 9.53 Å². The van der Waals surface area contributed by atoms with E-state index in [0.29, 0.717) is 19.7 Å². The minimum Gasteiger partial charge on any atom is -0.375 e. The lowest BCUT2D eigenvalue weighted by Gasteiger charge is -2.40. The van der Waals surface area contributed by atoms with Crippen molar-refractivity contribution in [3.8, 4) is 0 Å². The van der Waals surface area contributed by atoms with Crippen LogP contribution in [0.5, 0.6) is 0 Å². The van der Waals surface area contributed by atoms with Crippen molar-refractivity contribution in [2.24, 2.45) is 11.7 Å². The lowest BCUT2D eigenvalue weighted by atomic mass is 9.99. The number of rotatable bonds is 5. The van der Waals surface area contributed by atoms with Crippen LogP contribution in [-0.4, -0.2) is 42.6 Å². The number of nitrogens with zero attached hydrogens (tertiary/aromatic N) is 1. The Bertz CT molecular complexity index is 246. The molecule has 0 aliphatic carbocycles. The number of ether oxygens (including phenoxy) is 1. The molecule has 1 aliphatic heterocycles. The molecule has 1 heterocycles. The summed E-state index contributed by atoms with van der Waals surface area (Å²) in [4.78, 5) is 14.4. The summed E-state index contributed by atoms with van der Waals surface area (Å²) in [5.41, 5.74) is 5.71. The summed E-state index contributed by atoms with van der Waals surface area (Å²) in [5.74, 6) is 0.204. The van der Waals surface area contributed by atoms with E-state index in [1.54, 1.807) is 0 Å². The number of nitrogens with two attached hydrogens (primary N) is 1. The van der Waals surface area contributed by atoms with Crippen molar-refractivity contribution in [3.63, 3.8) is 0 Å². The van der Waals surface area contributed by atoms with Gasteiger partial charge < -0.3 is 15.4 Å². The number of carbonyl (C=O) groups excluding carboxylic acids is 1. The first-order valence-electron chi connectivity index (χ1n) is 6.76. The molecule has 17 heavy (non-hydrogen) atoms. The molecular weight excluding hydrogens is 216 g/mol. The number of amides is 1. The molecular formula is C13H26N2O2. The van der Waals surface area contributed by atoms with Gasteiger partial charge in [-0.05, 0) is 19.8 Å². The van der Waals surface area contributed by atoms with Gasteiger partial charge in [-0.25, -0.2) is 0 Å². The third kappa shape index (κ3) is 3.68. The van der Waals surface area contributed by atoms with Crippen LogP contribution in [0.3, 0.4) is 0 Å². The molecule has 0 spiro atoms. The summed E-state index contributed by atoms with van der Waals surface area (Å²) < 4.78 is 5.61. The molecule has 100 valence electrons. The second-order valence-corrected chi connectivity index (χ2v) is 4.92. The fourth-order valence-corrected chi connectivity index (χ4v) is 2.38. The van der Waals surface area contributed by atoms with E-state index in [9.17, 15) is 4.79 Å². The van der Waals surface area contributed by atoms with Crippen molar-refractivity contribution in [1.82, 2.24) is 4.90 Å². The first kappa shape index (κ1) is 14.5. The molecule has 4 nitrogen and oxygen atoms in total. The average Bonchev–Trinajstić information content (AvgIpc) is 2.35. The topological polar surface area (TPSA) is 55.6 Å². The molecule has 1 aliphatic rings. The van der Waals surface area contributed by atoms with E-state index in [-0.39, 0.29) is 24.0 Å². The molecule has 0 bridgehead atoms. The van der Waals surface area contributed by atoms with E-state index in [4.69, 9.17) is 10.5 Å². The summed E-state index contributed by atoms with van der Waals surface area (Å²) in [5, 5.41) is 0. The minimum atomic E-state index is -0.0145. The Balaban J connectivity index is 2.68. The zero-order valence-electron chi connectivity index (χ0n) is 11.3. The lowest BCUT2D eigenvalue weighted by Crippen LogP contribution is -2.53. The number of morpholine rings is 1. The SMILES string of the molecule is CCCC(CN)C(=O)N1CC(C)OCC1CC. The Morgan fingerprint density at radius 1 is 1.53 bits per heavy atom. The maximum absolute atomic E-state index is 12.4. The average molecular weight is 242 g/mol. The second kappa shape index (κ2) is 6.97. The van der Waals surface area contributed by atoms with Crippen molar-refractivity contribution in [1.29, 1.82) is 0 Å². The van der Waals surface area contributed by atoms with Gasteiger partial charge >= 0.3 is 0 Å². The van der Waals surface area contributed by atoms with Crippen LogP contribution in [0.15, 0.2) is 0 Å². The van der Waals surface area contributed by atoms with Crippen LogP contribution in [0.25, 0.3) is 0 Å². The van der Waals surface area contributed by atoms with E-state index in [0.717, 1.165) is 19.3 Å². The number of hydrogen-bond acceptors (Lipinski definition) is 3. The fraction of sp³-hybridized carbons (Fsp3) is 0.923. The Morgan fingerprint density at radius 3 is 2.76 bits per heavy atom. The molecule has 1 saturated heterocycles. The van der Waals surface area contributed by atoms with E-state index < -0.39 is 0 Å². The monoisotopic (exact) mass is 242 g/mol. The van der Waals surface area contributed by atoms with Gasteiger partial charge in [-0.3, -0.25) is 4.79 Å². The van der Waals surface area contributed by atoms with Crippen molar-refractivity contribution < 1.29 is 9.53 Å². The van der Waals surface area contributed by atoms with E-state index >= 15 is 0 Å². The first-order valence-corrected chi connectivity index (χ1v) is 6.76. The lowest BCUT2D eigenvalue weighted by molar-refractivity contribution is -0.148. The van der Waals surface area contributed by atoms with Crippen molar-refractivity contribution in [2.75, 3.05) is 19.7 Å². The van der Waals surface area contributed by atoms with E-state index in [2.05, 4.69) is 13.8 Å². The highest BCUT2D eigenvalue weighted by Crippen LogP contribution is 2.19. The van der Waals surface area contributed by atoms with Gasteiger partial charge in [0.1, 0.15) is 0 Å². The van der Waals surface area contributed by atoms with Crippen LogP contribution in [0.1, 0.15) is 40.0 Å². The number of carbonyl (C=O) groups is 1. The Labute approximate surface area is 104 Å². The van der Waals surface area contributed by atoms with Gasteiger partial charge in [0.05, 0.1) is 24.7 Å². The van der Waals surface area contributed by atoms with Gasteiger partial charge in [-0.2, -0.15) is 0 Å². The standard InChI is InChI=1S/C13H26N2O2/c1-4-6-11(7-14)13(16)15-8-10(3)17-9-12(15)5-2/h10-12H,4-9,14H2,1-3H3. The largest absolute Gasteiger partial charge is 0.375 e. The molecule has 0 aromatic heterocycles. The molecule has 3 unspecified atom stereocenters. The fourth-order valence-electron chi connectivity index (χ4n) is 2.38. The minimum absolute atomic E-state index is 0.0145. The molecule has 0 aromatic rings. The number of hydrogen-bond donors (Lipinski definition) is 1. The Kier molecular flexibility index (Phi) is 5.92. The van der Waals surface area contributed by atoms with Gasteiger partial charge in [-0.1, -0.05) is 20.3 Å². The second-order valence-electron chi connectivity index (χ2n) is 4.92. The molecule has 1 fully saturated rings. The van der Waals surface area contributed by atoms with Gasteiger partial charge in [0.2, 0.25) is 5.91 Å². The summed E-state index contributed by atoms with van der Waals surface area (Å²) in [7, 11) is 0. The normalized spacial score (nSPS) is 26.9. The molecule has 2 N–H and O–H groups in total.